The highest BCUT2D eigenvalue weighted by Crippen LogP contribution is 2.14. The van der Waals surface area contributed by atoms with Crippen LogP contribution in [0.3, 0.4) is 0 Å². The number of aryl methyl sites for hydroxylation is 3. The maximum Gasteiger partial charge on any atom is 0.316 e. The fraction of sp³-hybridized carbons (Fsp3) is 0.227. The summed E-state index contributed by atoms with van der Waals surface area (Å²) in [7, 11) is 0. The predicted octanol–water partition coefficient (Wildman–Crippen LogP) is 2.62. The minimum Gasteiger partial charge on any atom is -0.325 e. The number of hydrogen-bond donors (Lipinski definition) is 1. The van der Waals surface area contributed by atoms with Gasteiger partial charge < -0.3 is 9.88 Å². The second-order valence-electron chi connectivity index (χ2n) is 7.00. The zero-order chi connectivity index (χ0) is 20.3. The topological polar surface area (TPSA) is 73.1 Å². The van der Waals surface area contributed by atoms with Gasteiger partial charge in [0.25, 0.3) is 0 Å². The number of aromatic nitrogens is 2. The highest BCUT2D eigenvalue weighted by atomic mass is 16.2. The summed E-state index contributed by atoms with van der Waals surface area (Å²) in [6, 6.07) is 13.4. The molecule has 0 spiro atoms. The summed E-state index contributed by atoms with van der Waals surface area (Å²) in [5, 5.41) is 2.76. The fourth-order valence-corrected chi connectivity index (χ4v) is 2.86. The molecule has 1 N–H and O–H groups in total. The fourth-order valence-electron chi connectivity index (χ4n) is 2.86. The van der Waals surface area contributed by atoms with E-state index >= 15 is 0 Å². The van der Waals surface area contributed by atoms with E-state index in [1.54, 1.807) is 0 Å². The van der Waals surface area contributed by atoms with Gasteiger partial charge in [0.1, 0.15) is 6.54 Å². The molecule has 3 aromatic rings. The Morgan fingerprint density at radius 2 is 1.50 bits per heavy atom. The molecule has 28 heavy (non-hydrogen) atoms. The molecule has 0 unspecified atom stereocenters. The first-order chi connectivity index (χ1) is 13.3. The Morgan fingerprint density at radius 1 is 0.857 bits per heavy atom. The van der Waals surface area contributed by atoms with Gasteiger partial charge in [-0.05, 0) is 49.6 Å². The second-order valence-corrected chi connectivity index (χ2v) is 7.00. The summed E-state index contributed by atoms with van der Waals surface area (Å²) in [4.78, 5) is 37.0. The van der Waals surface area contributed by atoms with E-state index in [0.29, 0.717) is 12.2 Å². The lowest BCUT2D eigenvalue weighted by Gasteiger charge is -2.11. The van der Waals surface area contributed by atoms with Crippen LogP contribution in [0.5, 0.6) is 0 Å². The average molecular weight is 377 g/mol. The molecule has 0 saturated carbocycles. The Bertz CT molecular complexity index is 1120. The third-order valence-corrected chi connectivity index (χ3v) is 4.71. The van der Waals surface area contributed by atoms with Crippen molar-refractivity contribution in [2.24, 2.45) is 0 Å². The van der Waals surface area contributed by atoms with E-state index in [9.17, 15) is 14.4 Å². The van der Waals surface area contributed by atoms with Gasteiger partial charge in [0.15, 0.2) is 0 Å². The van der Waals surface area contributed by atoms with Crippen LogP contribution in [0.25, 0.3) is 0 Å². The van der Waals surface area contributed by atoms with E-state index < -0.39 is 11.1 Å². The molecule has 0 aliphatic heterocycles. The summed E-state index contributed by atoms with van der Waals surface area (Å²) in [6.45, 7) is 6.03. The lowest BCUT2D eigenvalue weighted by Crippen LogP contribution is -2.42. The Morgan fingerprint density at radius 3 is 2.18 bits per heavy atom. The summed E-state index contributed by atoms with van der Waals surface area (Å²) < 4.78 is 2.48. The number of nitrogens with one attached hydrogen (secondary N) is 1. The first-order valence-electron chi connectivity index (χ1n) is 9.06. The van der Waals surface area contributed by atoms with Crippen LogP contribution in [0.15, 0.2) is 64.4 Å². The highest BCUT2D eigenvalue weighted by molar-refractivity contribution is 5.90. The monoisotopic (exact) mass is 377 g/mol. The first-order valence-corrected chi connectivity index (χ1v) is 9.06. The van der Waals surface area contributed by atoms with Crippen molar-refractivity contribution in [3.63, 3.8) is 0 Å². The van der Waals surface area contributed by atoms with Crippen LogP contribution >= 0.6 is 0 Å². The Hall–Kier alpha value is -3.41. The molecule has 1 amide bonds. The van der Waals surface area contributed by atoms with Crippen LogP contribution < -0.4 is 16.4 Å². The number of hydrogen-bond acceptors (Lipinski definition) is 3. The van der Waals surface area contributed by atoms with Crippen molar-refractivity contribution in [1.82, 2.24) is 9.13 Å². The smallest absolute Gasteiger partial charge is 0.316 e. The van der Waals surface area contributed by atoms with Gasteiger partial charge >= 0.3 is 11.1 Å². The van der Waals surface area contributed by atoms with Gasteiger partial charge in [-0.15, -0.1) is 0 Å². The molecule has 1 aromatic heterocycles. The van der Waals surface area contributed by atoms with Crippen molar-refractivity contribution < 1.29 is 4.79 Å². The summed E-state index contributed by atoms with van der Waals surface area (Å²) in [6.07, 6.45) is 3.00. The predicted molar refractivity (Wildman–Crippen MR) is 110 cm³/mol. The van der Waals surface area contributed by atoms with Crippen molar-refractivity contribution >= 4 is 11.6 Å². The lowest BCUT2D eigenvalue weighted by molar-refractivity contribution is -0.116. The van der Waals surface area contributed by atoms with Crippen molar-refractivity contribution in [2.75, 3.05) is 5.32 Å². The molecule has 2 aromatic carbocycles. The molecule has 6 nitrogen and oxygen atoms in total. The minimum absolute atomic E-state index is 0.216. The normalized spacial score (nSPS) is 10.7. The standard InChI is InChI=1S/C22H23N3O3/c1-15-4-7-18(8-5-15)13-24-10-11-25(22(28)21(24)27)14-20(26)23-19-9-6-16(2)17(3)12-19/h4-12H,13-14H2,1-3H3,(H,23,26). The zero-order valence-electron chi connectivity index (χ0n) is 16.2. The van der Waals surface area contributed by atoms with Crippen molar-refractivity contribution in [3.8, 4) is 0 Å². The van der Waals surface area contributed by atoms with E-state index in [1.165, 1.54) is 17.0 Å². The summed E-state index contributed by atoms with van der Waals surface area (Å²) in [5.41, 5.74) is 3.54. The molecule has 1 heterocycles. The molecule has 144 valence electrons. The maximum atomic E-state index is 12.4. The SMILES string of the molecule is Cc1ccc(Cn2ccn(CC(=O)Nc3ccc(C)c(C)c3)c(=O)c2=O)cc1. The molecule has 0 saturated heterocycles. The second kappa shape index (κ2) is 8.08. The average Bonchev–Trinajstić information content (AvgIpc) is 2.66. The third-order valence-electron chi connectivity index (χ3n) is 4.71. The zero-order valence-corrected chi connectivity index (χ0v) is 16.2. The summed E-state index contributed by atoms with van der Waals surface area (Å²) >= 11 is 0. The van der Waals surface area contributed by atoms with Gasteiger partial charge in [-0.25, -0.2) is 0 Å². The van der Waals surface area contributed by atoms with Gasteiger partial charge in [-0.3, -0.25) is 19.0 Å². The van der Waals surface area contributed by atoms with E-state index in [2.05, 4.69) is 5.32 Å². The number of rotatable bonds is 5. The van der Waals surface area contributed by atoms with Crippen LogP contribution in [-0.4, -0.2) is 15.0 Å². The minimum atomic E-state index is -0.718. The van der Waals surface area contributed by atoms with Gasteiger partial charge in [0, 0.05) is 18.1 Å². The first kappa shape index (κ1) is 19.4. The molecule has 0 fully saturated rings. The molecule has 3 rings (SSSR count). The van der Waals surface area contributed by atoms with Crippen LogP contribution in [0.1, 0.15) is 22.3 Å². The number of carbonyl (C=O) groups excluding carboxylic acids is 1. The molecular weight excluding hydrogens is 354 g/mol. The highest BCUT2D eigenvalue weighted by Gasteiger charge is 2.10. The van der Waals surface area contributed by atoms with E-state index in [-0.39, 0.29) is 12.5 Å². The van der Waals surface area contributed by atoms with Gasteiger partial charge in [0.05, 0.1) is 6.54 Å². The molecule has 0 aliphatic rings. The number of nitrogens with zero attached hydrogens (tertiary/aromatic N) is 2. The van der Waals surface area contributed by atoms with Crippen molar-refractivity contribution in [1.29, 1.82) is 0 Å². The largest absolute Gasteiger partial charge is 0.325 e. The van der Waals surface area contributed by atoms with Gasteiger partial charge in [0.2, 0.25) is 5.91 Å². The number of benzene rings is 2. The van der Waals surface area contributed by atoms with Crippen LogP contribution in [-0.2, 0) is 17.9 Å². The number of anilines is 1. The molecule has 0 aliphatic carbocycles. The molecule has 0 atom stereocenters. The van der Waals surface area contributed by atoms with E-state index in [1.807, 2.05) is 63.2 Å². The number of carbonyl (C=O) groups is 1. The van der Waals surface area contributed by atoms with Crippen LogP contribution in [0.4, 0.5) is 5.69 Å². The Labute approximate surface area is 163 Å². The van der Waals surface area contributed by atoms with Crippen LogP contribution in [0, 0.1) is 20.8 Å². The summed E-state index contributed by atoms with van der Waals surface area (Å²) in [5.74, 6) is -0.360. The maximum absolute atomic E-state index is 12.4. The lowest BCUT2D eigenvalue weighted by atomic mass is 10.1. The van der Waals surface area contributed by atoms with E-state index in [4.69, 9.17) is 0 Å². The molecule has 6 heteroatoms. The van der Waals surface area contributed by atoms with Crippen molar-refractivity contribution in [3.05, 3.63) is 97.8 Å². The quantitative estimate of drug-likeness (QED) is 0.695. The molecule has 0 radical (unpaired) electrons. The van der Waals surface area contributed by atoms with Gasteiger partial charge in [-0.1, -0.05) is 35.9 Å². The van der Waals surface area contributed by atoms with E-state index in [0.717, 1.165) is 26.8 Å². The number of amides is 1. The van der Waals surface area contributed by atoms with Crippen molar-refractivity contribution in [2.45, 2.75) is 33.9 Å². The Kier molecular flexibility index (Phi) is 5.59. The molecule has 0 bridgehead atoms. The van der Waals surface area contributed by atoms with Crippen LogP contribution in [0.2, 0.25) is 0 Å². The Balaban J connectivity index is 1.74. The third kappa shape index (κ3) is 4.46. The molecular formula is C22H23N3O3. The van der Waals surface area contributed by atoms with Gasteiger partial charge in [-0.2, -0.15) is 0 Å².